The number of alkyl halides is 3. The first kappa shape index (κ1) is 14.3. The Morgan fingerprint density at radius 3 is 2.86 bits per heavy atom. The van der Waals surface area contributed by atoms with Gasteiger partial charge in [-0.1, -0.05) is 0 Å². The van der Waals surface area contributed by atoms with Crippen LogP contribution in [0.5, 0.6) is 0 Å². The third-order valence-corrected chi connectivity index (χ3v) is 3.80. The van der Waals surface area contributed by atoms with Gasteiger partial charge in [0.1, 0.15) is 5.82 Å². The first-order valence-corrected chi connectivity index (χ1v) is 6.92. The van der Waals surface area contributed by atoms with Crippen molar-refractivity contribution in [2.75, 3.05) is 18.0 Å². The van der Waals surface area contributed by atoms with Crippen molar-refractivity contribution < 1.29 is 13.2 Å². The van der Waals surface area contributed by atoms with E-state index in [0.29, 0.717) is 29.7 Å². The molecule has 1 aliphatic heterocycles. The molecule has 0 aliphatic carbocycles. The molecule has 1 unspecified atom stereocenters. The zero-order valence-electron chi connectivity index (χ0n) is 10.9. The van der Waals surface area contributed by atoms with Crippen molar-refractivity contribution in [1.82, 2.24) is 15.0 Å². The summed E-state index contributed by atoms with van der Waals surface area (Å²) in [6.45, 7) is 0.422. The van der Waals surface area contributed by atoms with Crippen LogP contribution in [-0.4, -0.2) is 34.2 Å². The predicted octanol–water partition coefficient (Wildman–Crippen LogP) is 3.46. The van der Waals surface area contributed by atoms with E-state index >= 15 is 0 Å². The van der Waals surface area contributed by atoms with Gasteiger partial charge < -0.3 is 4.90 Å². The molecule has 0 N–H and O–H groups in total. The first-order valence-electron chi connectivity index (χ1n) is 6.54. The summed E-state index contributed by atoms with van der Waals surface area (Å²) >= 11 is 5.87. The number of rotatable bonds is 1. The van der Waals surface area contributed by atoms with Crippen molar-refractivity contribution in [3.05, 3.63) is 23.7 Å². The normalized spacial score (nSPS) is 20.0. The van der Waals surface area contributed by atoms with Crippen LogP contribution in [0.4, 0.5) is 19.0 Å². The highest BCUT2D eigenvalue weighted by molar-refractivity contribution is 6.28. The first-order chi connectivity index (χ1) is 9.95. The van der Waals surface area contributed by atoms with Crippen LogP contribution in [0.15, 0.2) is 18.5 Å². The number of pyridine rings is 1. The van der Waals surface area contributed by atoms with Crippen LogP contribution < -0.4 is 4.90 Å². The zero-order valence-corrected chi connectivity index (χ0v) is 11.7. The van der Waals surface area contributed by atoms with E-state index in [-0.39, 0.29) is 18.2 Å². The second-order valence-corrected chi connectivity index (χ2v) is 5.37. The molecule has 1 aliphatic rings. The van der Waals surface area contributed by atoms with Crippen LogP contribution in [-0.2, 0) is 0 Å². The lowest BCUT2D eigenvalue weighted by Gasteiger charge is -2.34. The summed E-state index contributed by atoms with van der Waals surface area (Å²) in [6.07, 6.45) is -0.477. The minimum absolute atomic E-state index is 0.0135. The fourth-order valence-corrected chi connectivity index (χ4v) is 2.79. The Hall–Kier alpha value is -1.63. The Labute approximate surface area is 124 Å². The summed E-state index contributed by atoms with van der Waals surface area (Å²) in [5, 5.41) is 0.678. The van der Waals surface area contributed by atoms with Gasteiger partial charge in [0.25, 0.3) is 0 Å². The molecule has 21 heavy (non-hydrogen) atoms. The second kappa shape index (κ2) is 5.29. The minimum atomic E-state index is -4.19. The standard InChI is InChI=1S/C13H12ClF3N4/c14-12-19-10-6-18-4-3-9(10)11(20-12)21-5-1-2-8(7-21)13(15,16)17/h3-4,6,8H,1-2,5,7H2. The van der Waals surface area contributed by atoms with E-state index in [1.54, 1.807) is 17.2 Å². The number of aromatic nitrogens is 3. The molecule has 1 fully saturated rings. The van der Waals surface area contributed by atoms with Crippen molar-refractivity contribution in [3.63, 3.8) is 0 Å². The summed E-state index contributed by atoms with van der Waals surface area (Å²) in [5.74, 6) is -0.891. The maximum Gasteiger partial charge on any atom is 0.393 e. The molecule has 112 valence electrons. The van der Waals surface area contributed by atoms with Gasteiger partial charge in [0.05, 0.1) is 17.6 Å². The molecule has 1 saturated heterocycles. The van der Waals surface area contributed by atoms with Gasteiger partial charge in [-0.25, -0.2) is 4.98 Å². The lowest BCUT2D eigenvalue weighted by molar-refractivity contribution is -0.176. The molecule has 0 spiro atoms. The van der Waals surface area contributed by atoms with Gasteiger partial charge in [-0.3, -0.25) is 4.98 Å². The predicted molar refractivity (Wildman–Crippen MR) is 73.3 cm³/mol. The lowest BCUT2D eigenvalue weighted by atomic mass is 9.97. The van der Waals surface area contributed by atoms with Crippen molar-refractivity contribution in [3.8, 4) is 0 Å². The third kappa shape index (κ3) is 2.88. The quantitative estimate of drug-likeness (QED) is 0.756. The Bertz CT molecular complexity index is 661. The Morgan fingerprint density at radius 1 is 1.29 bits per heavy atom. The summed E-state index contributed by atoms with van der Waals surface area (Å²) < 4.78 is 38.8. The highest BCUT2D eigenvalue weighted by Gasteiger charge is 2.42. The molecule has 1 atom stereocenters. The van der Waals surface area contributed by atoms with Gasteiger partial charge in [-0.15, -0.1) is 0 Å². The van der Waals surface area contributed by atoms with Crippen LogP contribution >= 0.6 is 11.6 Å². The molecular formula is C13H12ClF3N4. The van der Waals surface area contributed by atoms with E-state index in [0.717, 1.165) is 0 Å². The smallest absolute Gasteiger partial charge is 0.355 e. The fraction of sp³-hybridized carbons (Fsp3) is 0.462. The van der Waals surface area contributed by atoms with Crippen molar-refractivity contribution in [2.45, 2.75) is 19.0 Å². The van der Waals surface area contributed by atoms with Gasteiger partial charge in [0.2, 0.25) is 5.28 Å². The van der Waals surface area contributed by atoms with Crippen LogP contribution in [0.1, 0.15) is 12.8 Å². The highest BCUT2D eigenvalue weighted by Crippen LogP contribution is 2.36. The third-order valence-electron chi connectivity index (χ3n) is 3.64. The molecule has 0 aromatic carbocycles. The van der Waals surface area contributed by atoms with E-state index in [1.165, 1.54) is 6.20 Å². The molecule has 0 amide bonds. The fourth-order valence-electron chi connectivity index (χ4n) is 2.61. The van der Waals surface area contributed by atoms with Crippen LogP contribution in [0.2, 0.25) is 5.28 Å². The summed E-state index contributed by atoms with van der Waals surface area (Å²) in [6, 6.07) is 1.69. The number of nitrogens with zero attached hydrogens (tertiary/aromatic N) is 4. The monoisotopic (exact) mass is 316 g/mol. The number of anilines is 1. The van der Waals surface area contributed by atoms with E-state index < -0.39 is 12.1 Å². The number of hydrogen-bond acceptors (Lipinski definition) is 4. The minimum Gasteiger partial charge on any atom is -0.355 e. The summed E-state index contributed by atoms with van der Waals surface area (Å²) in [5.41, 5.74) is 0.529. The number of fused-ring (bicyclic) bond motifs is 1. The van der Waals surface area contributed by atoms with Crippen molar-refractivity contribution in [2.24, 2.45) is 5.92 Å². The molecule has 4 nitrogen and oxygen atoms in total. The average Bonchev–Trinajstić information content (AvgIpc) is 2.45. The summed E-state index contributed by atoms with van der Waals surface area (Å²) in [7, 11) is 0. The van der Waals surface area contributed by atoms with Crippen molar-refractivity contribution >= 4 is 28.3 Å². The van der Waals surface area contributed by atoms with Gasteiger partial charge >= 0.3 is 6.18 Å². The SMILES string of the molecule is FC(F)(F)C1CCCN(c2nc(Cl)nc3cnccc23)C1. The number of halogens is 4. The second-order valence-electron chi connectivity index (χ2n) is 5.04. The Morgan fingerprint density at radius 2 is 2.10 bits per heavy atom. The number of piperidine rings is 1. The lowest BCUT2D eigenvalue weighted by Crippen LogP contribution is -2.42. The van der Waals surface area contributed by atoms with E-state index in [9.17, 15) is 13.2 Å². The molecule has 0 radical (unpaired) electrons. The van der Waals surface area contributed by atoms with Crippen molar-refractivity contribution in [1.29, 1.82) is 0 Å². The largest absolute Gasteiger partial charge is 0.393 e. The maximum atomic E-state index is 12.9. The Balaban J connectivity index is 2.00. The van der Waals surface area contributed by atoms with Crippen LogP contribution in [0, 0.1) is 5.92 Å². The molecule has 2 aromatic rings. The topological polar surface area (TPSA) is 41.9 Å². The zero-order chi connectivity index (χ0) is 15.0. The van der Waals surface area contributed by atoms with Gasteiger partial charge in [-0.2, -0.15) is 18.2 Å². The molecular weight excluding hydrogens is 305 g/mol. The van der Waals surface area contributed by atoms with Crippen LogP contribution in [0.3, 0.4) is 0 Å². The molecule has 2 aromatic heterocycles. The maximum absolute atomic E-state index is 12.9. The molecule has 3 rings (SSSR count). The molecule has 8 heteroatoms. The van der Waals surface area contributed by atoms with Gasteiger partial charge in [0.15, 0.2) is 0 Å². The van der Waals surface area contributed by atoms with Crippen LogP contribution in [0.25, 0.3) is 10.9 Å². The number of hydrogen-bond donors (Lipinski definition) is 0. The Kier molecular flexibility index (Phi) is 3.61. The molecule has 0 saturated carbocycles. The van der Waals surface area contributed by atoms with Gasteiger partial charge in [0, 0.05) is 24.7 Å². The highest BCUT2D eigenvalue weighted by atomic mass is 35.5. The summed E-state index contributed by atoms with van der Waals surface area (Å²) in [4.78, 5) is 13.8. The van der Waals surface area contributed by atoms with E-state index in [1.807, 2.05) is 0 Å². The molecule has 0 bridgehead atoms. The molecule has 3 heterocycles. The van der Waals surface area contributed by atoms with Gasteiger partial charge in [-0.05, 0) is 30.5 Å². The van der Waals surface area contributed by atoms with E-state index in [2.05, 4.69) is 15.0 Å². The average molecular weight is 317 g/mol. The van der Waals surface area contributed by atoms with E-state index in [4.69, 9.17) is 11.6 Å².